The highest BCUT2D eigenvalue weighted by atomic mass is 16.2. The molecule has 0 saturated carbocycles. The first-order valence-corrected chi connectivity index (χ1v) is 5.43. The van der Waals surface area contributed by atoms with E-state index < -0.39 is 0 Å². The SMILES string of the molecule is CCC(=O)Nc1cccc(N(N)C(=O)CC)n1. The van der Waals surface area contributed by atoms with Crippen LogP contribution < -0.4 is 16.2 Å². The third-order valence-electron chi connectivity index (χ3n) is 2.14. The molecule has 17 heavy (non-hydrogen) atoms. The number of anilines is 2. The number of hydrogen-bond acceptors (Lipinski definition) is 4. The third-order valence-corrected chi connectivity index (χ3v) is 2.14. The molecule has 0 saturated heterocycles. The number of aromatic nitrogens is 1. The second-order valence-electron chi connectivity index (χ2n) is 3.40. The number of nitrogens with one attached hydrogen (secondary N) is 1. The van der Waals surface area contributed by atoms with E-state index in [0.717, 1.165) is 5.01 Å². The summed E-state index contributed by atoms with van der Waals surface area (Å²) in [5.41, 5.74) is 0. The molecule has 0 aliphatic heterocycles. The van der Waals surface area contributed by atoms with Gasteiger partial charge in [0.2, 0.25) is 11.8 Å². The minimum atomic E-state index is -0.239. The van der Waals surface area contributed by atoms with Gasteiger partial charge in [0, 0.05) is 12.8 Å². The zero-order valence-electron chi connectivity index (χ0n) is 9.93. The molecule has 0 atom stereocenters. The third kappa shape index (κ3) is 3.53. The second kappa shape index (κ2) is 5.95. The maximum Gasteiger partial charge on any atom is 0.242 e. The van der Waals surface area contributed by atoms with Crippen LogP contribution in [0, 0.1) is 0 Å². The lowest BCUT2D eigenvalue weighted by atomic mass is 10.4. The van der Waals surface area contributed by atoms with Gasteiger partial charge in [0.15, 0.2) is 5.82 Å². The lowest BCUT2D eigenvalue weighted by Crippen LogP contribution is -2.37. The molecule has 1 heterocycles. The van der Waals surface area contributed by atoms with Gasteiger partial charge in [-0.3, -0.25) is 9.59 Å². The van der Waals surface area contributed by atoms with Gasteiger partial charge in [-0.1, -0.05) is 19.9 Å². The van der Waals surface area contributed by atoms with Crippen LogP contribution in [-0.2, 0) is 9.59 Å². The van der Waals surface area contributed by atoms with Crippen molar-refractivity contribution in [3.8, 4) is 0 Å². The smallest absolute Gasteiger partial charge is 0.242 e. The van der Waals surface area contributed by atoms with E-state index >= 15 is 0 Å². The number of hydrazine groups is 1. The number of pyridine rings is 1. The highest BCUT2D eigenvalue weighted by Crippen LogP contribution is 2.12. The van der Waals surface area contributed by atoms with Gasteiger partial charge in [0.05, 0.1) is 0 Å². The Bertz CT molecular complexity index is 420. The molecular formula is C11H16N4O2. The Kier molecular flexibility index (Phi) is 4.59. The summed E-state index contributed by atoms with van der Waals surface area (Å²) in [7, 11) is 0. The van der Waals surface area contributed by atoms with E-state index in [1.807, 2.05) is 0 Å². The molecule has 1 aromatic heterocycles. The van der Waals surface area contributed by atoms with Gasteiger partial charge in [0.25, 0.3) is 0 Å². The molecule has 0 unspecified atom stereocenters. The molecule has 1 rings (SSSR count). The molecule has 0 spiro atoms. The second-order valence-corrected chi connectivity index (χ2v) is 3.40. The van der Waals surface area contributed by atoms with Gasteiger partial charge in [-0.25, -0.2) is 15.8 Å². The fourth-order valence-electron chi connectivity index (χ4n) is 1.16. The molecule has 6 heteroatoms. The molecule has 6 nitrogen and oxygen atoms in total. The molecule has 0 fully saturated rings. The summed E-state index contributed by atoms with van der Waals surface area (Å²) >= 11 is 0. The number of hydrogen-bond donors (Lipinski definition) is 2. The van der Waals surface area contributed by atoms with E-state index in [-0.39, 0.29) is 11.8 Å². The van der Waals surface area contributed by atoms with Crippen molar-refractivity contribution in [1.82, 2.24) is 4.98 Å². The van der Waals surface area contributed by atoms with Crippen LogP contribution in [0.25, 0.3) is 0 Å². The van der Waals surface area contributed by atoms with E-state index in [2.05, 4.69) is 10.3 Å². The molecule has 0 aromatic carbocycles. The topological polar surface area (TPSA) is 88.3 Å². The molecular weight excluding hydrogens is 220 g/mol. The maximum absolute atomic E-state index is 11.4. The number of nitrogens with zero attached hydrogens (tertiary/aromatic N) is 2. The summed E-state index contributed by atoms with van der Waals surface area (Å²) in [6.07, 6.45) is 0.663. The first kappa shape index (κ1) is 13.1. The zero-order valence-corrected chi connectivity index (χ0v) is 9.93. The number of amides is 2. The average Bonchev–Trinajstić information content (AvgIpc) is 2.37. The number of nitrogens with two attached hydrogens (primary N) is 1. The van der Waals surface area contributed by atoms with Crippen molar-refractivity contribution in [3.63, 3.8) is 0 Å². The predicted octanol–water partition coefficient (Wildman–Crippen LogP) is 1.05. The molecule has 0 bridgehead atoms. The molecule has 2 amide bonds. The Morgan fingerprint density at radius 1 is 1.35 bits per heavy atom. The zero-order chi connectivity index (χ0) is 12.8. The predicted molar refractivity (Wildman–Crippen MR) is 65.1 cm³/mol. The van der Waals surface area contributed by atoms with E-state index in [1.165, 1.54) is 0 Å². The fraction of sp³-hybridized carbons (Fsp3) is 0.364. The monoisotopic (exact) mass is 236 g/mol. The van der Waals surface area contributed by atoms with Gasteiger partial charge in [-0.15, -0.1) is 0 Å². The van der Waals surface area contributed by atoms with Crippen molar-refractivity contribution < 1.29 is 9.59 Å². The van der Waals surface area contributed by atoms with Crippen LogP contribution in [0.15, 0.2) is 18.2 Å². The summed E-state index contributed by atoms with van der Waals surface area (Å²) in [4.78, 5) is 26.6. The molecule has 3 N–H and O–H groups in total. The Labute approximate surface area is 99.8 Å². The van der Waals surface area contributed by atoms with E-state index in [4.69, 9.17) is 5.84 Å². The normalized spacial score (nSPS) is 9.82. The van der Waals surface area contributed by atoms with Gasteiger partial charge in [-0.05, 0) is 12.1 Å². The maximum atomic E-state index is 11.4. The van der Waals surface area contributed by atoms with Crippen molar-refractivity contribution in [1.29, 1.82) is 0 Å². The van der Waals surface area contributed by atoms with E-state index in [9.17, 15) is 9.59 Å². The Morgan fingerprint density at radius 2 is 2.06 bits per heavy atom. The summed E-state index contributed by atoms with van der Waals surface area (Å²) in [6.45, 7) is 3.46. The Morgan fingerprint density at radius 3 is 2.65 bits per heavy atom. The van der Waals surface area contributed by atoms with Gasteiger partial charge in [-0.2, -0.15) is 0 Å². The van der Waals surface area contributed by atoms with Crippen LogP contribution in [0.2, 0.25) is 0 Å². The molecule has 0 radical (unpaired) electrons. The van der Waals surface area contributed by atoms with Crippen molar-refractivity contribution in [3.05, 3.63) is 18.2 Å². The van der Waals surface area contributed by atoms with Crippen LogP contribution >= 0.6 is 0 Å². The first-order valence-electron chi connectivity index (χ1n) is 5.43. The van der Waals surface area contributed by atoms with Crippen molar-refractivity contribution in [2.24, 2.45) is 5.84 Å². The first-order chi connectivity index (χ1) is 8.08. The number of carbonyl (C=O) groups excluding carboxylic acids is 2. The van der Waals surface area contributed by atoms with Crippen molar-refractivity contribution >= 4 is 23.5 Å². The summed E-state index contributed by atoms with van der Waals surface area (Å²) < 4.78 is 0. The lowest BCUT2D eigenvalue weighted by molar-refractivity contribution is -0.118. The van der Waals surface area contributed by atoms with Gasteiger partial charge >= 0.3 is 0 Å². The lowest BCUT2D eigenvalue weighted by Gasteiger charge is -2.15. The van der Waals surface area contributed by atoms with Crippen LogP contribution in [-0.4, -0.2) is 16.8 Å². The fourth-order valence-corrected chi connectivity index (χ4v) is 1.16. The highest BCUT2D eigenvalue weighted by Gasteiger charge is 2.11. The number of rotatable bonds is 4. The van der Waals surface area contributed by atoms with E-state index in [0.29, 0.717) is 24.5 Å². The van der Waals surface area contributed by atoms with Crippen LogP contribution in [0.4, 0.5) is 11.6 Å². The standard InChI is InChI=1S/C11H16N4O2/c1-3-10(16)14-8-6-5-7-9(13-8)15(12)11(17)4-2/h5-7H,3-4,12H2,1-2H3,(H,13,14,16). The van der Waals surface area contributed by atoms with Crippen molar-refractivity contribution in [2.45, 2.75) is 26.7 Å². The minimum Gasteiger partial charge on any atom is -0.311 e. The molecule has 0 aliphatic rings. The van der Waals surface area contributed by atoms with Gasteiger partial charge in [0.1, 0.15) is 5.82 Å². The van der Waals surface area contributed by atoms with Crippen LogP contribution in [0.5, 0.6) is 0 Å². The minimum absolute atomic E-state index is 0.139. The number of carbonyl (C=O) groups is 2. The summed E-state index contributed by atoms with van der Waals surface area (Å²) in [6, 6.07) is 4.92. The average molecular weight is 236 g/mol. The largest absolute Gasteiger partial charge is 0.311 e. The van der Waals surface area contributed by atoms with Crippen LogP contribution in [0.3, 0.4) is 0 Å². The Hall–Kier alpha value is -1.95. The molecule has 0 aliphatic carbocycles. The highest BCUT2D eigenvalue weighted by molar-refractivity contribution is 5.92. The quantitative estimate of drug-likeness (QED) is 0.464. The Balaban J connectivity index is 2.85. The summed E-state index contributed by atoms with van der Waals surface area (Å²) in [5.74, 6) is 5.91. The molecule has 1 aromatic rings. The van der Waals surface area contributed by atoms with Crippen molar-refractivity contribution in [2.75, 3.05) is 10.3 Å². The van der Waals surface area contributed by atoms with Crippen LogP contribution in [0.1, 0.15) is 26.7 Å². The van der Waals surface area contributed by atoms with E-state index in [1.54, 1.807) is 32.0 Å². The summed E-state index contributed by atoms with van der Waals surface area (Å²) in [5, 5.41) is 3.57. The van der Waals surface area contributed by atoms with Gasteiger partial charge < -0.3 is 5.32 Å². The molecule has 92 valence electrons.